The Hall–Kier alpha value is -6.30. The van der Waals surface area contributed by atoms with Crippen LogP contribution >= 0.6 is 0 Å². The third kappa shape index (κ3) is 4.38. The number of hydrogen-bond acceptors (Lipinski definition) is 6. The largest absolute Gasteiger partial charge is 0.451 e. The van der Waals surface area contributed by atoms with E-state index < -0.39 is 58.4 Å². The van der Waals surface area contributed by atoms with Crippen molar-refractivity contribution in [2.24, 2.45) is 0 Å². The second kappa shape index (κ2) is 10.7. The standard InChI is InChI=1S/C34H16F4N2O6/c35-25-27(37)30(46-20-10-6-8-18(16-20)40-33(43)23-13-3-4-14-24(23)34(40)44)28(38)26(36)29(25)45-19-9-5-7-17(15-19)39-31(41)21-11-1-2-12-22(21)32(39)42/h1-16H. The molecule has 8 nitrogen and oxygen atoms in total. The van der Waals surface area contributed by atoms with Crippen molar-refractivity contribution in [3.05, 3.63) is 143 Å². The Morgan fingerprint density at radius 1 is 0.413 bits per heavy atom. The van der Waals surface area contributed by atoms with Gasteiger partial charge in [0.1, 0.15) is 11.5 Å². The second-order valence-corrected chi connectivity index (χ2v) is 10.1. The van der Waals surface area contributed by atoms with Gasteiger partial charge in [-0.15, -0.1) is 0 Å². The molecule has 2 aliphatic rings. The quantitative estimate of drug-likeness (QED) is 0.111. The number of ether oxygens (including phenoxy) is 2. The summed E-state index contributed by atoms with van der Waals surface area (Å²) in [7, 11) is 0. The fourth-order valence-electron chi connectivity index (χ4n) is 5.23. The van der Waals surface area contributed by atoms with Gasteiger partial charge >= 0.3 is 0 Å². The first-order valence-electron chi connectivity index (χ1n) is 13.5. The van der Waals surface area contributed by atoms with E-state index in [-0.39, 0.29) is 45.1 Å². The Kier molecular flexibility index (Phi) is 6.62. The first-order chi connectivity index (χ1) is 22.2. The fourth-order valence-corrected chi connectivity index (χ4v) is 5.23. The summed E-state index contributed by atoms with van der Waals surface area (Å²) >= 11 is 0. The summed E-state index contributed by atoms with van der Waals surface area (Å²) in [5.74, 6) is -13.9. The van der Waals surface area contributed by atoms with E-state index in [9.17, 15) is 19.2 Å². The summed E-state index contributed by atoms with van der Waals surface area (Å²) < 4.78 is 71.0. The molecule has 2 heterocycles. The Bertz CT molecular complexity index is 1920. The lowest BCUT2D eigenvalue weighted by Gasteiger charge is -2.17. The topological polar surface area (TPSA) is 93.2 Å². The molecule has 0 unspecified atom stereocenters. The fraction of sp³-hybridized carbons (Fsp3) is 0. The molecular weight excluding hydrogens is 608 g/mol. The predicted molar refractivity (Wildman–Crippen MR) is 154 cm³/mol. The smallest absolute Gasteiger partial charge is 0.266 e. The molecule has 0 saturated heterocycles. The number of benzene rings is 5. The van der Waals surface area contributed by atoms with Crippen LogP contribution in [0.4, 0.5) is 28.9 Å². The first-order valence-corrected chi connectivity index (χ1v) is 13.5. The molecule has 0 spiro atoms. The van der Waals surface area contributed by atoms with E-state index in [0.717, 1.165) is 21.9 Å². The average molecular weight is 625 g/mol. The minimum Gasteiger partial charge on any atom is -0.451 e. The van der Waals surface area contributed by atoms with Crippen LogP contribution in [0.15, 0.2) is 97.1 Å². The third-order valence-corrected chi connectivity index (χ3v) is 7.36. The van der Waals surface area contributed by atoms with E-state index in [0.29, 0.717) is 0 Å². The number of anilines is 2. The monoisotopic (exact) mass is 624 g/mol. The lowest BCUT2D eigenvalue weighted by molar-refractivity contribution is 0.0910. The summed E-state index contributed by atoms with van der Waals surface area (Å²) in [6.07, 6.45) is 0. The van der Waals surface area contributed by atoms with Gasteiger partial charge in [-0.25, -0.2) is 9.80 Å². The molecule has 4 amide bonds. The first kappa shape index (κ1) is 28.5. The van der Waals surface area contributed by atoms with Crippen molar-refractivity contribution in [2.45, 2.75) is 0 Å². The van der Waals surface area contributed by atoms with Gasteiger partial charge in [0.05, 0.1) is 33.6 Å². The minimum absolute atomic E-state index is 0.0108. The summed E-state index contributed by atoms with van der Waals surface area (Å²) in [4.78, 5) is 53.0. The summed E-state index contributed by atoms with van der Waals surface area (Å²) in [6.45, 7) is 0. The van der Waals surface area contributed by atoms with Crippen LogP contribution in [0.5, 0.6) is 23.0 Å². The van der Waals surface area contributed by atoms with E-state index >= 15 is 17.6 Å². The minimum atomic E-state index is -1.93. The van der Waals surface area contributed by atoms with E-state index in [2.05, 4.69) is 0 Å². The van der Waals surface area contributed by atoms with Crippen molar-refractivity contribution in [3.63, 3.8) is 0 Å². The molecule has 46 heavy (non-hydrogen) atoms. The number of imide groups is 2. The van der Waals surface area contributed by atoms with Crippen molar-refractivity contribution in [2.75, 3.05) is 9.80 Å². The van der Waals surface area contributed by atoms with Crippen LogP contribution < -0.4 is 19.3 Å². The highest BCUT2D eigenvalue weighted by atomic mass is 19.2. The summed E-state index contributed by atoms with van der Waals surface area (Å²) in [5.41, 5.74) is 0.608. The number of amides is 4. The maximum absolute atomic E-state index is 15.2. The normalized spacial score (nSPS) is 13.7. The Morgan fingerprint density at radius 3 is 1.02 bits per heavy atom. The maximum atomic E-state index is 15.2. The molecule has 0 aliphatic carbocycles. The van der Waals surface area contributed by atoms with Crippen LogP contribution in [-0.4, -0.2) is 23.6 Å². The summed E-state index contributed by atoms with van der Waals surface area (Å²) in [6, 6.07) is 22.2. The predicted octanol–water partition coefficient (Wildman–Crippen LogP) is 7.43. The molecule has 0 aromatic heterocycles. The van der Waals surface area contributed by atoms with E-state index in [1.807, 2.05) is 0 Å². The molecule has 226 valence electrons. The van der Waals surface area contributed by atoms with Gasteiger partial charge in [-0.2, -0.15) is 17.6 Å². The average Bonchev–Trinajstić information content (AvgIpc) is 3.48. The molecule has 0 atom stereocenters. The number of halogens is 4. The van der Waals surface area contributed by atoms with Gasteiger partial charge in [-0.3, -0.25) is 19.2 Å². The van der Waals surface area contributed by atoms with E-state index in [1.54, 1.807) is 24.3 Å². The van der Waals surface area contributed by atoms with Gasteiger partial charge in [0.2, 0.25) is 34.8 Å². The van der Waals surface area contributed by atoms with E-state index in [1.165, 1.54) is 60.7 Å². The van der Waals surface area contributed by atoms with Crippen LogP contribution in [0, 0.1) is 23.3 Å². The Morgan fingerprint density at radius 2 is 0.717 bits per heavy atom. The van der Waals surface area contributed by atoms with Crippen molar-refractivity contribution >= 4 is 35.0 Å². The second-order valence-electron chi connectivity index (χ2n) is 10.1. The van der Waals surface area contributed by atoms with Crippen molar-refractivity contribution in [3.8, 4) is 23.0 Å². The number of carbonyl (C=O) groups is 4. The number of hydrogen-bond donors (Lipinski definition) is 0. The number of fused-ring (bicyclic) bond motifs is 2. The molecule has 5 aromatic carbocycles. The molecule has 2 aliphatic heterocycles. The molecule has 0 saturated carbocycles. The molecule has 0 radical (unpaired) electrons. The van der Waals surface area contributed by atoms with Gasteiger partial charge in [0.25, 0.3) is 23.6 Å². The highest BCUT2D eigenvalue weighted by Crippen LogP contribution is 2.40. The molecule has 5 aromatic rings. The van der Waals surface area contributed by atoms with Crippen LogP contribution in [0.1, 0.15) is 41.4 Å². The summed E-state index contributed by atoms with van der Waals surface area (Å²) in [5, 5.41) is 0. The van der Waals surface area contributed by atoms with Gasteiger partial charge in [0.15, 0.2) is 0 Å². The number of nitrogens with zero attached hydrogens (tertiary/aromatic N) is 2. The molecule has 12 heteroatoms. The van der Waals surface area contributed by atoms with Crippen LogP contribution in [0.2, 0.25) is 0 Å². The van der Waals surface area contributed by atoms with Crippen LogP contribution in [0.25, 0.3) is 0 Å². The Labute approximate surface area is 256 Å². The van der Waals surface area contributed by atoms with Gasteiger partial charge in [-0.1, -0.05) is 36.4 Å². The molecule has 0 N–H and O–H groups in total. The maximum Gasteiger partial charge on any atom is 0.266 e. The van der Waals surface area contributed by atoms with Gasteiger partial charge in [-0.05, 0) is 48.5 Å². The zero-order chi connectivity index (χ0) is 32.3. The van der Waals surface area contributed by atoms with Crippen LogP contribution in [-0.2, 0) is 0 Å². The SMILES string of the molecule is O=C1c2ccccc2C(=O)N1c1cccc(Oc2c(F)c(F)c(Oc3cccc(N4C(=O)c5ccccc5C4=O)c3)c(F)c2F)c1. The van der Waals surface area contributed by atoms with Gasteiger partial charge in [0, 0.05) is 12.1 Å². The van der Waals surface area contributed by atoms with Crippen molar-refractivity contribution in [1.29, 1.82) is 0 Å². The molecular formula is C34H16F4N2O6. The number of carbonyl (C=O) groups excluding carboxylic acids is 4. The third-order valence-electron chi connectivity index (χ3n) is 7.36. The molecule has 7 rings (SSSR count). The van der Waals surface area contributed by atoms with Crippen LogP contribution in [0.3, 0.4) is 0 Å². The highest BCUT2D eigenvalue weighted by molar-refractivity contribution is 6.35. The lowest BCUT2D eigenvalue weighted by Crippen LogP contribution is -2.29. The lowest BCUT2D eigenvalue weighted by atomic mass is 10.1. The van der Waals surface area contributed by atoms with Gasteiger partial charge < -0.3 is 9.47 Å². The zero-order valence-corrected chi connectivity index (χ0v) is 23.1. The molecule has 0 fully saturated rings. The highest BCUT2D eigenvalue weighted by Gasteiger charge is 2.38. The Balaban J connectivity index is 1.16. The zero-order valence-electron chi connectivity index (χ0n) is 23.1. The van der Waals surface area contributed by atoms with E-state index in [4.69, 9.17) is 9.47 Å². The van der Waals surface area contributed by atoms with Crippen molar-refractivity contribution < 1.29 is 46.2 Å². The molecule has 0 bridgehead atoms. The van der Waals surface area contributed by atoms with Crippen molar-refractivity contribution in [1.82, 2.24) is 0 Å². The number of rotatable bonds is 6.